The van der Waals surface area contributed by atoms with Gasteiger partial charge in [-0.05, 0) is 52.9 Å². The third-order valence-electron chi connectivity index (χ3n) is 2.38. The van der Waals surface area contributed by atoms with Crippen LogP contribution in [0.15, 0.2) is 42.5 Å². The van der Waals surface area contributed by atoms with Crippen LogP contribution in [0.3, 0.4) is 0 Å². The van der Waals surface area contributed by atoms with E-state index in [1.165, 1.54) is 12.1 Å². The number of nitrogens with one attached hydrogen (secondary N) is 1. The van der Waals surface area contributed by atoms with Crippen molar-refractivity contribution in [1.82, 2.24) is 0 Å². The summed E-state index contributed by atoms with van der Waals surface area (Å²) in [7, 11) is 0. The van der Waals surface area contributed by atoms with E-state index in [1.807, 2.05) is 18.2 Å². The van der Waals surface area contributed by atoms with E-state index < -0.39 is 11.7 Å². The summed E-state index contributed by atoms with van der Waals surface area (Å²) in [6.45, 7) is 0. The molecule has 1 amide bonds. The number of carbonyl (C=O) groups is 1. The zero-order valence-corrected chi connectivity index (χ0v) is 11.4. The minimum atomic E-state index is -0.489. The molecule has 0 saturated heterocycles. The normalized spacial score (nSPS) is 10.1. The predicted octanol–water partition coefficient (Wildman–Crippen LogP) is 3.26. The summed E-state index contributed by atoms with van der Waals surface area (Å²) in [6, 6.07) is 11.0. The molecule has 0 atom stereocenters. The Labute approximate surface area is 117 Å². The molecule has 0 heterocycles. The van der Waals surface area contributed by atoms with Gasteiger partial charge in [-0.1, -0.05) is 12.1 Å². The largest absolute Gasteiger partial charge is 0.398 e. The zero-order chi connectivity index (χ0) is 13.1. The minimum Gasteiger partial charge on any atom is -0.398 e. The van der Waals surface area contributed by atoms with Crippen LogP contribution in [0.4, 0.5) is 15.8 Å². The van der Waals surface area contributed by atoms with Crippen molar-refractivity contribution in [3.8, 4) is 0 Å². The van der Waals surface area contributed by atoms with Gasteiger partial charge in [-0.15, -0.1) is 0 Å². The number of nitrogen functional groups attached to an aromatic ring is 1. The Kier molecular flexibility index (Phi) is 3.81. The smallest absolute Gasteiger partial charge is 0.257 e. The highest BCUT2D eigenvalue weighted by molar-refractivity contribution is 14.1. The topological polar surface area (TPSA) is 55.1 Å². The Morgan fingerprint density at radius 1 is 1.22 bits per heavy atom. The summed E-state index contributed by atoms with van der Waals surface area (Å²) in [5, 5.41) is 2.70. The van der Waals surface area contributed by atoms with Gasteiger partial charge in [0.05, 0.1) is 11.3 Å². The standard InChI is InChI=1S/C13H10FIN2O/c14-8-5-6-11(16)9(7-8)13(18)17-12-4-2-1-3-10(12)15/h1-7H,16H2,(H,17,18). The average molecular weight is 356 g/mol. The molecule has 0 aromatic heterocycles. The summed E-state index contributed by atoms with van der Waals surface area (Å²) < 4.78 is 14.0. The number of benzene rings is 2. The fraction of sp³-hybridized carbons (Fsp3) is 0. The van der Waals surface area contributed by atoms with Crippen molar-refractivity contribution in [2.75, 3.05) is 11.1 Å². The Morgan fingerprint density at radius 2 is 1.94 bits per heavy atom. The molecule has 0 saturated carbocycles. The van der Waals surface area contributed by atoms with Crippen LogP contribution in [0.5, 0.6) is 0 Å². The van der Waals surface area contributed by atoms with Crippen molar-refractivity contribution in [3.63, 3.8) is 0 Å². The van der Waals surface area contributed by atoms with Gasteiger partial charge in [-0.3, -0.25) is 4.79 Å². The van der Waals surface area contributed by atoms with E-state index in [0.717, 1.165) is 9.64 Å². The molecule has 5 heteroatoms. The predicted molar refractivity (Wildman–Crippen MR) is 77.9 cm³/mol. The van der Waals surface area contributed by atoms with E-state index in [4.69, 9.17) is 5.73 Å². The summed E-state index contributed by atoms with van der Waals surface area (Å²) in [4.78, 5) is 12.0. The zero-order valence-electron chi connectivity index (χ0n) is 9.28. The fourth-order valence-corrected chi connectivity index (χ4v) is 2.00. The van der Waals surface area contributed by atoms with Crippen molar-refractivity contribution >= 4 is 39.9 Å². The Balaban J connectivity index is 2.28. The maximum atomic E-state index is 13.1. The summed E-state index contributed by atoms with van der Waals surface area (Å²) >= 11 is 2.11. The number of nitrogens with two attached hydrogens (primary N) is 1. The van der Waals surface area contributed by atoms with Gasteiger partial charge in [0, 0.05) is 9.26 Å². The molecule has 2 rings (SSSR count). The van der Waals surface area contributed by atoms with Crippen LogP contribution in [0.2, 0.25) is 0 Å². The fourth-order valence-electron chi connectivity index (χ4n) is 1.48. The van der Waals surface area contributed by atoms with Crippen LogP contribution in [-0.4, -0.2) is 5.91 Å². The molecule has 3 N–H and O–H groups in total. The van der Waals surface area contributed by atoms with Crippen LogP contribution < -0.4 is 11.1 Å². The summed E-state index contributed by atoms with van der Waals surface area (Å²) in [6.07, 6.45) is 0. The van der Waals surface area contributed by atoms with Crippen LogP contribution in [0, 0.1) is 9.39 Å². The molecule has 0 aliphatic rings. The number of halogens is 2. The molecule has 18 heavy (non-hydrogen) atoms. The molecule has 2 aromatic carbocycles. The van der Waals surface area contributed by atoms with Gasteiger partial charge < -0.3 is 11.1 Å². The number of amides is 1. The second-order valence-corrected chi connectivity index (χ2v) is 4.83. The first-order chi connectivity index (χ1) is 8.58. The molecule has 2 aromatic rings. The van der Waals surface area contributed by atoms with Crippen molar-refractivity contribution in [2.45, 2.75) is 0 Å². The van der Waals surface area contributed by atoms with Crippen molar-refractivity contribution in [3.05, 3.63) is 57.4 Å². The van der Waals surface area contributed by atoms with Gasteiger partial charge in [0.2, 0.25) is 0 Å². The number of hydrogen-bond acceptors (Lipinski definition) is 2. The number of anilines is 2. The van der Waals surface area contributed by atoms with E-state index in [0.29, 0.717) is 5.69 Å². The van der Waals surface area contributed by atoms with Crippen LogP contribution in [0.1, 0.15) is 10.4 Å². The molecule has 0 bridgehead atoms. The molecule has 0 radical (unpaired) electrons. The van der Waals surface area contributed by atoms with Crippen molar-refractivity contribution in [2.24, 2.45) is 0 Å². The average Bonchev–Trinajstić information content (AvgIpc) is 2.35. The summed E-state index contributed by atoms with van der Waals surface area (Å²) in [5.74, 6) is -0.909. The first-order valence-electron chi connectivity index (χ1n) is 5.19. The lowest BCUT2D eigenvalue weighted by Gasteiger charge is -2.09. The number of rotatable bonds is 2. The Morgan fingerprint density at radius 3 is 2.67 bits per heavy atom. The van der Waals surface area contributed by atoms with Gasteiger partial charge in [0.1, 0.15) is 5.82 Å². The third kappa shape index (κ3) is 2.79. The molecule has 0 aliphatic carbocycles. The number of hydrogen-bond donors (Lipinski definition) is 2. The Bertz CT molecular complexity index is 601. The first kappa shape index (κ1) is 12.8. The first-order valence-corrected chi connectivity index (χ1v) is 6.26. The lowest BCUT2D eigenvalue weighted by atomic mass is 10.1. The van der Waals surface area contributed by atoms with Crippen LogP contribution >= 0.6 is 22.6 Å². The van der Waals surface area contributed by atoms with Gasteiger partial charge in [0.15, 0.2) is 0 Å². The van der Waals surface area contributed by atoms with Crippen molar-refractivity contribution < 1.29 is 9.18 Å². The highest BCUT2D eigenvalue weighted by Crippen LogP contribution is 2.20. The maximum absolute atomic E-state index is 13.1. The van der Waals surface area contributed by atoms with Crippen LogP contribution in [0.25, 0.3) is 0 Å². The molecular formula is C13H10FIN2O. The molecular weight excluding hydrogens is 346 g/mol. The molecule has 0 aliphatic heterocycles. The molecule has 3 nitrogen and oxygen atoms in total. The van der Waals surface area contributed by atoms with E-state index in [-0.39, 0.29) is 11.3 Å². The minimum absolute atomic E-state index is 0.134. The second-order valence-electron chi connectivity index (χ2n) is 3.67. The SMILES string of the molecule is Nc1ccc(F)cc1C(=O)Nc1ccccc1I. The van der Waals surface area contributed by atoms with Gasteiger partial charge in [-0.2, -0.15) is 0 Å². The molecule has 0 fully saturated rings. The van der Waals surface area contributed by atoms with E-state index in [1.54, 1.807) is 6.07 Å². The second kappa shape index (κ2) is 5.34. The monoisotopic (exact) mass is 356 g/mol. The lowest BCUT2D eigenvalue weighted by Crippen LogP contribution is -2.15. The Hall–Kier alpha value is -1.63. The van der Waals surface area contributed by atoms with Gasteiger partial charge in [-0.25, -0.2) is 4.39 Å². The van der Waals surface area contributed by atoms with E-state index in [9.17, 15) is 9.18 Å². The van der Waals surface area contributed by atoms with Crippen LogP contribution in [-0.2, 0) is 0 Å². The molecule has 92 valence electrons. The highest BCUT2D eigenvalue weighted by atomic mass is 127. The van der Waals surface area contributed by atoms with Gasteiger partial charge >= 0.3 is 0 Å². The van der Waals surface area contributed by atoms with E-state index >= 15 is 0 Å². The quantitative estimate of drug-likeness (QED) is 0.641. The number of carbonyl (C=O) groups excluding carboxylic acids is 1. The summed E-state index contributed by atoms with van der Waals surface area (Å²) in [5.41, 5.74) is 6.71. The van der Waals surface area contributed by atoms with Crippen molar-refractivity contribution in [1.29, 1.82) is 0 Å². The van der Waals surface area contributed by atoms with E-state index in [2.05, 4.69) is 27.9 Å². The maximum Gasteiger partial charge on any atom is 0.257 e. The highest BCUT2D eigenvalue weighted by Gasteiger charge is 2.12. The van der Waals surface area contributed by atoms with Gasteiger partial charge in [0.25, 0.3) is 5.91 Å². The lowest BCUT2D eigenvalue weighted by molar-refractivity contribution is 0.102. The molecule has 0 spiro atoms. The molecule has 0 unspecified atom stereocenters. The third-order valence-corrected chi connectivity index (χ3v) is 3.32. The number of para-hydroxylation sites is 1.